The number of carbonyl (C=O) groups is 1. The standard InChI is InChI=1S/C13H11ClF3N3O2/c1-3-22-12(21)8-6-18-20(10(8)13(15,16)17)11-7(2)4-5-9(14)19-11/h4-6H,3H2,1-2H3. The highest BCUT2D eigenvalue weighted by Crippen LogP contribution is 2.34. The molecule has 0 radical (unpaired) electrons. The minimum absolute atomic E-state index is 0.0157. The molecular weight excluding hydrogens is 323 g/mol. The second-order valence-electron chi connectivity index (χ2n) is 4.31. The maximum absolute atomic E-state index is 13.3. The number of hydrogen-bond acceptors (Lipinski definition) is 4. The Morgan fingerprint density at radius 1 is 1.41 bits per heavy atom. The Balaban J connectivity index is 2.67. The number of hydrogen-bond donors (Lipinski definition) is 0. The van der Waals surface area contributed by atoms with Crippen molar-refractivity contribution in [2.45, 2.75) is 20.0 Å². The van der Waals surface area contributed by atoms with Crippen molar-refractivity contribution < 1.29 is 22.7 Å². The third kappa shape index (κ3) is 3.06. The molecule has 9 heteroatoms. The van der Waals surface area contributed by atoms with Crippen LogP contribution in [-0.4, -0.2) is 27.3 Å². The van der Waals surface area contributed by atoms with Crippen LogP contribution in [0.3, 0.4) is 0 Å². The van der Waals surface area contributed by atoms with Gasteiger partial charge in [-0.25, -0.2) is 14.5 Å². The van der Waals surface area contributed by atoms with Gasteiger partial charge in [0.1, 0.15) is 10.7 Å². The molecule has 0 aromatic carbocycles. The van der Waals surface area contributed by atoms with E-state index in [0.717, 1.165) is 6.20 Å². The van der Waals surface area contributed by atoms with E-state index in [0.29, 0.717) is 10.2 Å². The van der Waals surface area contributed by atoms with Crippen molar-refractivity contribution in [3.63, 3.8) is 0 Å². The van der Waals surface area contributed by atoms with Crippen LogP contribution in [0.5, 0.6) is 0 Å². The van der Waals surface area contributed by atoms with Crippen molar-refractivity contribution >= 4 is 17.6 Å². The number of nitrogens with zero attached hydrogens (tertiary/aromatic N) is 3. The molecule has 0 aliphatic heterocycles. The van der Waals surface area contributed by atoms with Crippen LogP contribution >= 0.6 is 11.6 Å². The lowest BCUT2D eigenvalue weighted by molar-refractivity contribution is -0.143. The van der Waals surface area contributed by atoms with Crippen LogP contribution in [-0.2, 0) is 10.9 Å². The fourth-order valence-electron chi connectivity index (χ4n) is 1.85. The molecule has 0 amide bonds. The summed E-state index contributed by atoms with van der Waals surface area (Å²) in [6.45, 7) is 3.01. The van der Waals surface area contributed by atoms with Crippen LogP contribution in [0.15, 0.2) is 18.3 Å². The number of esters is 1. The Morgan fingerprint density at radius 3 is 2.68 bits per heavy atom. The molecule has 0 N–H and O–H groups in total. The first-order chi connectivity index (χ1) is 10.3. The summed E-state index contributed by atoms with van der Waals surface area (Å²) in [5, 5.41) is 3.65. The molecule has 0 bridgehead atoms. The Morgan fingerprint density at radius 2 is 2.09 bits per heavy atom. The molecule has 0 unspecified atom stereocenters. The zero-order chi connectivity index (χ0) is 16.5. The van der Waals surface area contributed by atoms with Gasteiger partial charge in [-0.1, -0.05) is 17.7 Å². The van der Waals surface area contributed by atoms with Crippen LogP contribution in [0.4, 0.5) is 13.2 Å². The Kier molecular flexibility index (Phi) is 4.41. The van der Waals surface area contributed by atoms with E-state index in [-0.39, 0.29) is 17.6 Å². The van der Waals surface area contributed by atoms with Crippen LogP contribution in [0.25, 0.3) is 5.82 Å². The number of halogens is 4. The third-order valence-corrected chi connectivity index (χ3v) is 2.98. The van der Waals surface area contributed by atoms with Gasteiger partial charge in [-0.15, -0.1) is 0 Å². The SMILES string of the molecule is CCOC(=O)c1cnn(-c2nc(Cl)ccc2C)c1C(F)(F)F. The third-order valence-electron chi connectivity index (χ3n) is 2.77. The van der Waals surface area contributed by atoms with Gasteiger partial charge in [0, 0.05) is 0 Å². The molecule has 22 heavy (non-hydrogen) atoms. The molecule has 2 aromatic rings. The average molecular weight is 334 g/mol. The van der Waals surface area contributed by atoms with Gasteiger partial charge in [0.25, 0.3) is 0 Å². The Labute approximate surface area is 128 Å². The van der Waals surface area contributed by atoms with Crippen molar-refractivity contribution in [1.82, 2.24) is 14.8 Å². The minimum atomic E-state index is -4.81. The number of rotatable bonds is 3. The summed E-state index contributed by atoms with van der Waals surface area (Å²) >= 11 is 5.73. The molecule has 0 fully saturated rings. The highest BCUT2D eigenvalue weighted by Gasteiger charge is 2.41. The van der Waals surface area contributed by atoms with Crippen molar-refractivity contribution in [2.75, 3.05) is 6.61 Å². The van der Waals surface area contributed by atoms with E-state index in [1.54, 1.807) is 6.92 Å². The monoisotopic (exact) mass is 333 g/mol. The van der Waals surface area contributed by atoms with E-state index in [9.17, 15) is 18.0 Å². The number of aromatic nitrogens is 3. The second kappa shape index (κ2) is 5.96. The van der Waals surface area contributed by atoms with Gasteiger partial charge in [0.05, 0.1) is 12.8 Å². The van der Waals surface area contributed by atoms with Gasteiger partial charge in [-0.05, 0) is 25.5 Å². The van der Waals surface area contributed by atoms with Gasteiger partial charge in [0.15, 0.2) is 11.5 Å². The number of aryl methyl sites for hydroxylation is 1. The number of ether oxygens (including phenoxy) is 1. The van der Waals surface area contributed by atoms with Crippen LogP contribution < -0.4 is 0 Å². The number of pyridine rings is 1. The minimum Gasteiger partial charge on any atom is -0.462 e. The summed E-state index contributed by atoms with van der Waals surface area (Å²) in [7, 11) is 0. The first-order valence-electron chi connectivity index (χ1n) is 6.21. The fourth-order valence-corrected chi connectivity index (χ4v) is 1.99. The second-order valence-corrected chi connectivity index (χ2v) is 4.70. The van der Waals surface area contributed by atoms with Crippen LogP contribution in [0, 0.1) is 6.92 Å². The molecule has 2 aromatic heterocycles. The van der Waals surface area contributed by atoms with E-state index < -0.39 is 23.4 Å². The Hall–Kier alpha value is -2.09. The lowest BCUT2D eigenvalue weighted by Crippen LogP contribution is -2.19. The predicted octanol–water partition coefficient (Wildman–Crippen LogP) is 3.42. The summed E-state index contributed by atoms with van der Waals surface area (Å²) in [4.78, 5) is 15.5. The van der Waals surface area contributed by atoms with Gasteiger partial charge in [-0.2, -0.15) is 18.3 Å². The number of carbonyl (C=O) groups excluding carboxylic acids is 1. The van der Waals surface area contributed by atoms with E-state index in [4.69, 9.17) is 11.6 Å². The first-order valence-corrected chi connectivity index (χ1v) is 6.59. The molecule has 118 valence electrons. The van der Waals surface area contributed by atoms with Crippen molar-refractivity contribution in [1.29, 1.82) is 0 Å². The van der Waals surface area contributed by atoms with Gasteiger partial charge in [0.2, 0.25) is 0 Å². The molecule has 0 saturated heterocycles. The largest absolute Gasteiger partial charge is 0.462 e. The Bertz CT molecular complexity index is 713. The summed E-state index contributed by atoms with van der Waals surface area (Å²) in [6.07, 6.45) is -4.00. The molecule has 0 aliphatic carbocycles. The molecule has 0 atom stereocenters. The lowest BCUT2D eigenvalue weighted by Gasteiger charge is -2.13. The van der Waals surface area contributed by atoms with Crippen molar-refractivity contribution in [3.05, 3.63) is 40.3 Å². The maximum atomic E-state index is 13.3. The molecule has 0 spiro atoms. The summed E-state index contributed by atoms with van der Waals surface area (Å²) in [5.74, 6) is -1.20. The van der Waals surface area contributed by atoms with Crippen molar-refractivity contribution in [2.24, 2.45) is 0 Å². The molecule has 2 rings (SSSR count). The van der Waals surface area contributed by atoms with Gasteiger partial charge < -0.3 is 4.74 Å². The topological polar surface area (TPSA) is 57.0 Å². The number of alkyl halides is 3. The predicted molar refractivity (Wildman–Crippen MR) is 72.1 cm³/mol. The van der Waals surface area contributed by atoms with E-state index in [1.807, 2.05) is 0 Å². The fraction of sp³-hybridized carbons (Fsp3) is 0.308. The normalized spacial score (nSPS) is 11.5. The molecule has 0 aliphatic rings. The highest BCUT2D eigenvalue weighted by molar-refractivity contribution is 6.29. The van der Waals surface area contributed by atoms with E-state index in [2.05, 4.69) is 14.8 Å². The van der Waals surface area contributed by atoms with Crippen LogP contribution in [0.1, 0.15) is 28.5 Å². The maximum Gasteiger partial charge on any atom is 0.434 e. The first kappa shape index (κ1) is 16.3. The summed E-state index contributed by atoms with van der Waals surface area (Å²) in [5.41, 5.74) is -1.49. The summed E-state index contributed by atoms with van der Waals surface area (Å²) < 4.78 is 45.2. The van der Waals surface area contributed by atoms with E-state index >= 15 is 0 Å². The molecule has 5 nitrogen and oxygen atoms in total. The smallest absolute Gasteiger partial charge is 0.434 e. The van der Waals surface area contributed by atoms with Gasteiger partial charge in [-0.3, -0.25) is 0 Å². The van der Waals surface area contributed by atoms with Crippen LogP contribution in [0.2, 0.25) is 5.15 Å². The highest BCUT2D eigenvalue weighted by atomic mass is 35.5. The quantitative estimate of drug-likeness (QED) is 0.638. The zero-order valence-electron chi connectivity index (χ0n) is 11.6. The lowest BCUT2D eigenvalue weighted by atomic mass is 10.2. The van der Waals surface area contributed by atoms with Crippen molar-refractivity contribution in [3.8, 4) is 5.82 Å². The summed E-state index contributed by atoms with van der Waals surface area (Å²) in [6, 6.07) is 2.96. The molecule has 0 saturated carbocycles. The molecular formula is C13H11ClF3N3O2. The molecule has 2 heterocycles. The zero-order valence-corrected chi connectivity index (χ0v) is 12.4. The van der Waals surface area contributed by atoms with Gasteiger partial charge >= 0.3 is 12.1 Å². The average Bonchev–Trinajstić information content (AvgIpc) is 2.86. The van der Waals surface area contributed by atoms with E-state index in [1.165, 1.54) is 19.1 Å².